The Morgan fingerprint density at radius 2 is 2.12 bits per heavy atom. The van der Waals surface area contributed by atoms with Crippen LogP contribution in [0.25, 0.3) is 0 Å². The number of halogens is 1. The van der Waals surface area contributed by atoms with Crippen LogP contribution in [0.5, 0.6) is 0 Å². The third-order valence-electron chi connectivity index (χ3n) is 2.78. The van der Waals surface area contributed by atoms with Gasteiger partial charge < -0.3 is 10.0 Å². The van der Waals surface area contributed by atoms with E-state index in [1.165, 1.54) is 0 Å². The molecule has 1 atom stereocenters. The molecule has 16 heavy (non-hydrogen) atoms. The maximum Gasteiger partial charge on any atom is 0.227 e. The second kappa shape index (κ2) is 4.85. The van der Waals surface area contributed by atoms with Gasteiger partial charge in [-0.05, 0) is 24.1 Å². The van der Waals surface area contributed by atoms with E-state index in [0.29, 0.717) is 31.0 Å². The van der Waals surface area contributed by atoms with Crippen molar-refractivity contribution < 1.29 is 9.90 Å². The lowest BCUT2D eigenvalue weighted by Crippen LogP contribution is -2.30. The first-order chi connectivity index (χ1) is 7.65. The van der Waals surface area contributed by atoms with Crippen LogP contribution >= 0.6 is 11.6 Å². The molecule has 0 bridgehead atoms. The maximum atomic E-state index is 11.8. The van der Waals surface area contributed by atoms with E-state index < -0.39 is 0 Å². The normalized spacial score (nSPS) is 20.1. The van der Waals surface area contributed by atoms with Crippen molar-refractivity contribution in [1.29, 1.82) is 0 Å². The Labute approximate surface area is 99.6 Å². The van der Waals surface area contributed by atoms with Crippen LogP contribution in [0.1, 0.15) is 12.0 Å². The van der Waals surface area contributed by atoms with Crippen molar-refractivity contribution in [2.24, 2.45) is 0 Å². The zero-order chi connectivity index (χ0) is 11.5. The molecule has 1 heterocycles. The van der Waals surface area contributed by atoms with Gasteiger partial charge in [-0.25, -0.2) is 0 Å². The van der Waals surface area contributed by atoms with E-state index in [0.717, 1.165) is 5.56 Å². The molecule has 1 aromatic carbocycles. The van der Waals surface area contributed by atoms with Gasteiger partial charge in [-0.1, -0.05) is 23.7 Å². The zero-order valence-corrected chi connectivity index (χ0v) is 9.65. The molecule has 1 aromatic rings. The molecule has 0 radical (unpaired) electrons. The van der Waals surface area contributed by atoms with Crippen molar-refractivity contribution in [3.63, 3.8) is 0 Å². The Hall–Kier alpha value is -1.06. The van der Waals surface area contributed by atoms with Gasteiger partial charge in [0.25, 0.3) is 0 Å². The van der Waals surface area contributed by atoms with Crippen LogP contribution < -0.4 is 0 Å². The van der Waals surface area contributed by atoms with Crippen molar-refractivity contribution in [2.45, 2.75) is 18.9 Å². The largest absolute Gasteiger partial charge is 0.391 e. The van der Waals surface area contributed by atoms with Gasteiger partial charge in [0.2, 0.25) is 5.91 Å². The number of aliphatic hydroxyl groups excluding tert-OH is 1. The molecule has 1 aliphatic heterocycles. The van der Waals surface area contributed by atoms with E-state index in [1.807, 2.05) is 12.1 Å². The van der Waals surface area contributed by atoms with Crippen LogP contribution in [0.2, 0.25) is 5.02 Å². The molecular weight excluding hydrogens is 226 g/mol. The SMILES string of the molecule is O=C(Cc1ccc(Cl)cc1)N1CC[C@H](O)C1. The number of carbonyl (C=O) groups excluding carboxylic acids is 1. The van der Waals surface area contributed by atoms with E-state index in [4.69, 9.17) is 11.6 Å². The van der Waals surface area contributed by atoms with Crippen LogP contribution in [0.15, 0.2) is 24.3 Å². The van der Waals surface area contributed by atoms with Crippen LogP contribution in [-0.2, 0) is 11.2 Å². The molecule has 0 aliphatic carbocycles. The predicted molar refractivity (Wildman–Crippen MR) is 62.4 cm³/mol. The number of amides is 1. The molecule has 0 unspecified atom stereocenters. The average Bonchev–Trinajstić information content (AvgIpc) is 2.68. The molecule has 1 N–H and O–H groups in total. The van der Waals surface area contributed by atoms with Crippen LogP contribution in [0.4, 0.5) is 0 Å². The summed E-state index contributed by atoms with van der Waals surface area (Å²) in [6, 6.07) is 7.27. The van der Waals surface area contributed by atoms with Crippen molar-refractivity contribution in [2.75, 3.05) is 13.1 Å². The molecule has 3 nitrogen and oxygen atoms in total. The second-order valence-corrected chi connectivity index (χ2v) is 4.52. The van der Waals surface area contributed by atoms with Gasteiger partial charge >= 0.3 is 0 Å². The van der Waals surface area contributed by atoms with Gasteiger partial charge in [-0.3, -0.25) is 4.79 Å². The van der Waals surface area contributed by atoms with E-state index in [1.54, 1.807) is 17.0 Å². The fourth-order valence-corrected chi connectivity index (χ4v) is 1.98. The number of aliphatic hydroxyl groups is 1. The van der Waals surface area contributed by atoms with E-state index in [9.17, 15) is 9.90 Å². The fraction of sp³-hybridized carbons (Fsp3) is 0.417. The number of carbonyl (C=O) groups is 1. The summed E-state index contributed by atoms with van der Waals surface area (Å²) in [5, 5.41) is 10.0. The Morgan fingerprint density at radius 1 is 1.44 bits per heavy atom. The van der Waals surface area contributed by atoms with Crippen molar-refractivity contribution >= 4 is 17.5 Å². The molecule has 1 aliphatic rings. The summed E-state index contributed by atoms with van der Waals surface area (Å²) in [5.74, 6) is 0.0684. The first kappa shape index (κ1) is 11.4. The van der Waals surface area contributed by atoms with Crippen molar-refractivity contribution in [3.05, 3.63) is 34.9 Å². The lowest BCUT2D eigenvalue weighted by atomic mass is 10.1. The number of β-amino-alcohol motifs (C(OH)–C–C–N with tert-alkyl or cyclic N) is 1. The third-order valence-corrected chi connectivity index (χ3v) is 3.04. The number of likely N-dealkylation sites (tertiary alicyclic amines) is 1. The topological polar surface area (TPSA) is 40.5 Å². The minimum absolute atomic E-state index is 0.0684. The Morgan fingerprint density at radius 3 is 2.69 bits per heavy atom. The Balaban J connectivity index is 1.94. The fourth-order valence-electron chi connectivity index (χ4n) is 1.86. The van der Waals surface area contributed by atoms with Crippen molar-refractivity contribution in [3.8, 4) is 0 Å². The van der Waals surface area contributed by atoms with Gasteiger partial charge in [0.15, 0.2) is 0 Å². The minimum Gasteiger partial charge on any atom is -0.391 e. The molecule has 0 saturated carbocycles. The first-order valence-electron chi connectivity index (χ1n) is 5.35. The summed E-state index contributed by atoms with van der Waals surface area (Å²) in [6.45, 7) is 1.13. The molecule has 0 aromatic heterocycles. The molecule has 1 amide bonds. The number of hydrogen-bond donors (Lipinski definition) is 1. The highest BCUT2D eigenvalue weighted by Crippen LogP contribution is 2.13. The number of rotatable bonds is 2. The second-order valence-electron chi connectivity index (χ2n) is 4.09. The number of nitrogens with zero attached hydrogens (tertiary/aromatic N) is 1. The van der Waals surface area contributed by atoms with Crippen LogP contribution in [0, 0.1) is 0 Å². The van der Waals surface area contributed by atoms with Gasteiger partial charge in [0.1, 0.15) is 0 Å². The predicted octanol–water partition coefficient (Wildman–Crippen LogP) is 1.48. The number of hydrogen-bond acceptors (Lipinski definition) is 2. The van der Waals surface area contributed by atoms with E-state index in [-0.39, 0.29) is 12.0 Å². The summed E-state index contributed by atoms with van der Waals surface area (Å²) in [7, 11) is 0. The summed E-state index contributed by atoms with van der Waals surface area (Å²) in [6.07, 6.45) is 0.713. The summed E-state index contributed by atoms with van der Waals surface area (Å²) in [4.78, 5) is 13.5. The molecule has 0 spiro atoms. The molecule has 4 heteroatoms. The Bertz CT molecular complexity index is 377. The smallest absolute Gasteiger partial charge is 0.227 e. The number of benzene rings is 1. The maximum absolute atomic E-state index is 11.8. The highest BCUT2D eigenvalue weighted by atomic mass is 35.5. The van der Waals surface area contributed by atoms with Gasteiger partial charge in [0, 0.05) is 18.1 Å². The highest BCUT2D eigenvalue weighted by Gasteiger charge is 2.24. The third kappa shape index (κ3) is 2.74. The van der Waals surface area contributed by atoms with Crippen LogP contribution in [0.3, 0.4) is 0 Å². The molecule has 1 saturated heterocycles. The Kier molecular flexibility index (Phi) is 3.46. The summed E-state index contributed by atoms with van der Waals surface area (Å²) >= 11 is 5.77. The molecule has 2 rings (SSSR count). The van der Waals surface area contributed by atoms with E-state index in [2.05, 4.69) is 0 Å². The summed E-state index contributed by atoms with van der Waals surface area (Å²) < 4.78 is 0. The van der Waals surface area contributed by atoms with Crippen molar-refractivity contribution in [1.82, 2.24) is 4.90 Å². The van der Waals surface area contributed by atoms with Crippen LogP contribution in [-0.4, -0.2) is 35.1 Å². The lowest BCUT2D eigenvalue weighted by molar-refractivity contribution is -0.129. The van der Waals surface area contributed by atoms with Gasteiger partial charge in [0.05, 0.1) is 12.5 Å². The van der Waals surface area contributed by atoms with Gasteiger partial charge in [-0.15, -0.1) is 0 Å². The van der Waals surface area contributed by atoms with Gasteiger partial charge in [-0.2, -0.15) is 0 Å². The lowest BCUT2D eigenvalue weighted by Gasteiger charge is -2.15. The molecule has 86 valence electrons. The standard InChI is InChI=1S/C12H14ClNO2/c13-10-3-1-9(2-4-10)7-12(16)14-6-5-11(15)8-14/h1-4,11,15H,5-8H2/t11-/m0/s1. The van der Waals surface area contributed by atoms with E-state index >= 15 is 0 Å². The quantitative estimate of drug-likeness (QED) is 0.849. The average molecular weight is 240 g/mol. The monoisotopic (exact) mass is 239 g/mol. The summed E-state index contributed by atoms with van der Waals surface area (Å²) in [5.41, 5.74) is 0.954. The molecular formula is C12H14ClNO2. The first-order valence-corrected chi connectivity index (χ1v) is 5.73. The minimum atomic E-state index is -0.353. The molecule has 1 fully saturated rings. The zero-order valence-electron chi connectivity index (χ0n) is 8.90. The highest BCUT2D eigenvalue weighted by molar-refractivity contribution is 6.30.